The Kier molecular flexibility index (Phi) is 4.77. The van der Waals surface area contributed by atoms with Gasteiger partial charge in [0.15, 0.2) is 0 Å². The van der Waals surface area contributed by atoms with Crippen LogP contribution in [0.1, 0.15) is 27.9 Å². The van der Waals surface area contributed by atoms with Gasteiger partial charge in [-0.2, -0.15) is 13.2 Å². The van der Waals surface area contributed by atoms with Crippen LogP contribution in [0.15, 0.2) is 18.2 Å². The van der Waals surface area contributed by atoms with Crippen LogP contribution in [-0.2, 0) is 10.9 Å². The molecule has 0 amide bonds. The average molecular weight is 350 g/mol. The highest BCUT2D eigenvalue weighted by molar-refractivity contribution is 7.17. The second-order valence-corrected chi connectivity index (χ2v) is 5.75. The second kappa shape index (κ2) is 6.26. The number of esters is 1. The predicted molar refractivity (Wildman–Crippen MR) is 78.3 cm³/mol. The normalized spacial score (nSPS) is 11.5. The zero-order chi connectivity index (χ0) is 16.5. The first-order chi connectivity index (χ1) is 10.2. The lowest BCUT2D eigenvalue weighted by Crippen LogP contribution is -2.04. The van der Waals surface area contributed by atoms with Gasteiger partial charge >= 0.3 is 12.1 Å². The summed E-state index contributed by atoms with van der Waals surface area (Å²) in [7, 11) is 0. The first-order valence-corrected chi connectivity index (χ1v) is 7.45. The molecule has 0 saturated heterocycles. The van der Waals surface area contributed by atoms with Crippen LogP contribution < -0.4 is 0 Å². The number of hydrogen-bond donors (Lipinski definition) is 0. The van der Waals surface area contributed by atoms with Crippen molar-refractivity contribution in [3.8, 4) is 10.6 Å². The quantitative estimate of drug-likeness (QED) is 0.734. The van der Waals surface area contributed by atoms with Gasteiger partial charge in [-0.3, -0.25) is 0 Å². The van der Waals surface area contributed by atoms with E-state index in [0.29, 0.717) is 21.1 Å². The molecular formula is C14H11ClF3NO2S. The fourth-order valence-corrected chi connectivity index (χ4v) is 3.09. The molecule has 0 fully saturated rings. The van der Waals surface area contributed by atoms with Crippen LogP contribution in [-0.4, -0.2) is 17.6 Å². The molecule has 3 nitrogen and oxygen atoms in total. The van der Waals surface area contributed by atoms with Gasteiger partial charge in [-0.25, -0.2) is 9.78 Å². The molecule has 0 radical (unpaired) electrons. The first kappa shape index (κ1) is 16.8. The number of nitrogens with zero attached hydrogens (tertiary/aromatic N) is 1. The summed E-state index contributed by atoms with van der Waals surface area (Å²) in [6.07, 6.45) is -4.46. The van der Waals surface area contributed by atoms with Crippen LogP contribution in [0.2, 0.25) is 5.02 Å². The fraction of sp³-hybridized carbons (Fsp3) is 0.286. The molecule has 0 spiro atoms. The highest BCUT2D eigenvalue weighted by atomic mass is 35.5. The van der Waals surface area contributed by atoms with Crippen LogP contribution in [0.3, 0.4) is 0 Å². The van der Waals surface area contributed by atoms with Gasteiger partial charge in [-0.15, -0.1) is 11.3 Å². The second-order valence-electron chi connectivity index (χ2n) is 4.35. The van der Waals surface area contributed by atoms with Gasteiger partial charge in [0.25, 0.3) is 0 Å². The molecule has 0 aliphatic heterocycles. The fourth-order valence-electron chi connectivity index (χ4n) is 1.76. The van der Waals surface area contributed by atoms with Crippen molar-refractivity contribution in [2.24, 2.45) is 0 Å². The van der Waals surface area contributed by atoms with E-state index in [1.165, 1.54) is 6.07 Å². The first-order valence-electron chi connectivity index (χ1n) is 6.25. The summed E-state index contributed by atoms with van der Waals surface area (Å²) >= 11 is 6.96. The number of rotatable bonds is 3. The van der Waals surface area contributed by atoms with Crippen LogP contribution in [0.25, 0.3) is 10.6 Å². The SMILES string of the molecule is CCOC(=O)c1sc(-c2ccc(C(F)(F)F)cc2Cl)nc1C. The van der Waals surface area contributed by atoms with E-state index in [4.69, 9.17) is 16.3 Å². The van der Waals surface area contributed by atoms with Crippen molar-refractivity contribution in [3.63, 3.8) is 0 Å². The van der Waals surface area contributed by atoms with Crippen molar-refractivity contribution in [2.45, 2.75) is 20.0 Å². The molecule has 118 valence electrons. The Morgan fingerprint density at radius 3 is 2.64 bits per heavy atom. The summed E-state index contributed by atoms with van der Waals surface area (Å²) in [4.78, 5) is 16.2. The summed E-state index contributed by atoms with van der Waals surface area (Å²) in [5, 5.41) is 0.304. The van der Waals surface area contributed by atoms with Gasteiger partial charge < -0.3 is 4.74 Å². The van der Waals surface area contributed by atoms with Gasteiger partial charge in [-0.05, 0) is 32.0 Å². The topological polar surface area (TPSA) is 39.2 Å². The molecule has 1 aromatic carbocycles. The Labute approximate surface area is 133 Å². The largest absolute Gasteiger partial charge is 0.462 e. The molecule has 0 aliphatic rings. The monoisotopic (exact) mass is 349 g/mol. The Morgan fingerprint density at radius 2 is 2.09 bits per heavy atom. The van der Waals surface area contributed by atoms with Crippen molar-refractivity contribution >= 4 is 28.9 Å². The van der Waals surface area contributed by atoms with E-state index in [9.17, 15) is 18.0 Å². The molecule has 1 heterocycles. The smallest absolute Gasteiger partial charge is 0.416 e. The Morgan fingerprint density at radius 1 is 1.41 bits per heavy atom. The molecular weight excluding hydrogens is 339 g/mol. The molecule has 0 saturated carbocycles. The van der Waals surface area contributed by atoms with Gasteiger partial charge in [0.2, 0.25) is 0 Å². The average Bonchev–Trinajstić information content (AvgIpc) is 2.79. The number of thiazole rings is 1. The Hall–Kier alpha value is -1.60. The number of ether oxygens (including phenoxy) is 1. The molecule has 22 heavy (non-hydrogen) atoms. The number of carbonyl (C=O) groups excluding carboxylic acids is 1. The van der Waals surface area contributed by atoms with E-state index in [1.54, 1.807) is 13.8 Å². The number of hydrogen-bond acceptors (Lipinski definition) is 4. The maximum atomic E-state index is 12.6. The number of halogens is 4. The Bertz CT molecular complexity index is 713. The molecule has 0 unspecified atom stereocenters. The molecule has 0 aliphatic carbocycles. The molecule has 1 aromatic heterocycles. The predicted octanol–water partition coefficient (Wildman–Crippen LogP) is 4.97. The zero-order valence-corrected chi connectivity index (χ0v) is 13.2. The van der Waals surface area contributed by atoms with Crippen LogP contribution in [0, 0.1) is 6.92 Å². The minimum Gasteiger partial charge on any atom is -0.462 e. The van der Waals surface area contributed by atoms with Gasteiger partial charge in [0.05, 0.1) is 22.9 Å². The number of aromatic nitrogens is 1. The number of benzene rings is 1. The van der Waals surface area contributed by atoms with Crippen molar-refractivity contribution in [1.82, 2.24) is 4.98 Å². The third-order valence-electron chi connectivity index (χ3n) is 2.78. The summed E-state index contributed by atoms with van der Waals surface area (Å²) in [5.41, 5.74) is -0.0344. The molecule has 2 rings (SSSR count). The highest BCUT2D eigenvalue weighted by Crippen LogP contribution is 2.37. The number of aryl methyl sites for hydroxylation is 1. The van der Waals surface area contributed by atoms with Crippen molar-refractivity contribution in [2.75, 3.05) is 6.61 Å². The van der Waals surface area contributed by atoms with Crippen LogP contribution >= 0.6 is 22.9 Å². The zero-order valence-electron chi connectivity index (χ0n) is 11.6. The highest BCUT2D eigenvalue weighted by Gasteiger charge is 2.31. The van der Waals surface area contributed by atoms with Crippen molar-refractivity contribution in [1.29, 1.82) is 0 Å². The van der Waals surface area contributed by atoms with Gasteiger partial charge in [0, 0.05) is 5.56 Å². The summed E-state index contributed by atoms with van der Waals surface area (Å²) in [6.45, 7) is 3.54. The Balaban J connectivity index is 2.41. The number of carbonyl (C=O) groups is 1. The van der Waals surface area contributed by atoms with Crippen LogP contribution in [0.4, 0.5) is 13.2 Å². The van der Waals surface area contributed by atoms with Gasteiger partial charge in [0.1, 0.15) is 9.88 Å². The minimum absolute atomic E-state index is 0.0704. The van der Waals surface area contributed by atoms with E-state index in [2.05, 4.69) is 4.98 Å². The maximum absolute atomic E-state index is 12.6. The molecule has 8 heteroatoms. The summed E-state index contributed by atoms with van der Waals surface area (Å²) < 4.78 is 42.8. The minimum atomic E-state index is -4.46. The lowest BCUT2D eigenvalue weighted by atomic mass is 10.1. The third-order valence-corrected chi connectivity index (χ3v) is 4.27. The molecule has 2 aromatic rings. The van der Waals surface area contributed by atoms with Crippen molar-refractivity contribution in [3.05, 3.63) is 39.4 Å². The van der Waals surface area contributed by atoms with E-state index in [1.807, 2.05) is 0 Å². The molecule has 0 N–H and O–H groups in total. The summed E-state index contributed by atoms with van der Waals surface area (Å²) in [5.74, 6) is -0.508. The van der Waals surface area contributed by atoms with E-state index in [-0.39, 0.29) is 11.6 Å². The lowest BCUT2D eigenvalue weighted by molar-refractivity contribution is -0.137. The summed E-state index contributed by atoms with van der Waals surface area (Å²) in [6, 6.07) is 3.03. The molecule has 0 atom stereocenters. The van der Waals surface area contributed by atoms with E-state index < -0.39 is 17.7 Å². The lowest BCUT2D eigenvalue weighted by Gasteiger charge is -2.08. The van der Waals surface area contributed by atoms with E-state index >= 15 is 0 Å². The third kappa shape index (κ3) is 3.41. The van der Waals surface area contributed by atoms with Crippen LogP contribution in [0.5, 0.6) is 0 Å². The number of alkyl halides is 3. The standard InChI is InChI=1S/C14H11ClF3NO2S/c1-3-21-13(20)11-7(2)19-12(22-11)9-5-4-8(6-10(9)15)14(16,17)18/h4-6H,3H2,1-2H3. The van der Waals surface area contributed by atoms with Crippen molar-refractivity contribution < 1.29 is 22.7 Å². The molecule has 0 bridgehead atoms. The maximum Gasteiger partial charge on any atom is 0.416 e. The van der Waals surface area contributed by atoms with Gasteiger partial charge in [-0.1, -0.05) is 11.6 Å². The van der Waals surface area contributed by atoms with E-state index in [0.717, 1.165) is 23.5 Å².